The van der Waals surface area contributed by atoms with Crippen molar-refractivity contribution in [2.45, 2.75) is 35.1 Å². The number of aliphatic hydroxyl groups excluding tert-OH is 1. The number of nitrogens with one attached hydrogen (secondary N) is 4. The molecule has 0 radical (unpaired) electrons. The fourth-order valence-electron chi connectivity index (χ4n) is 9.86. The van der Waals surface area contributed by atoms with Gasteiger partial charge in [0.2, 0.25) is 0 Å². The number of carboxylic acids is 1. The van der Waals surface area contributed by atoms with Crippen LogP contribution in [0.3, 0.4) is 0 Å². The fraction of sp³-hybridized carbons (Fsp3) is 0.0411. The van der Waals surface area contributed by atoms with Crippen molar-refractivity contribution in [1.82, 2.24) is 20.6 Å². The molecule has 9 N–H and O–H groups in total. The fourth-order valence-corrected chi connectivity index (χ4v) is 15.6. The average molecular weight is 1540 g/mol. The van der Waals surface area contributed by atoms with Crippen LogP contribution in [0.15, 0.2) is 278 Å². The number of aromatic nitrogens is 4. The van der Waals surface area contributed by atoms with Gasteiger partial charge in [-0.25, -0.2) is 34.0 Å². The minimum absolute atomic E-state index is 0.00727. The van der Waals surface area contributed by atoms with E-state index >= 15 is 0 Å². The van der Waals surface area contributed by atoms with Gasteiger partial charge in [0, 0.05) is 37.3 Å². The standard InChI is InChI=1S/C25H20FNO5S2.C24H18ClNO6S2.C24H18FN5O4S2/c1-16(28)15-33-24-14-23(21-4-2-3-5-22(21)25(24)29)27-34(30,31)20-12-10-19(11-13-20)32-18-8-6-17(26)7-9-18;25-15-5-7-16(8-6-15)32-17-9-11-18(12-10-17)34(30,31)26-21-13-22(33-14-23(27)28)24(29)20-4-2-1-3-19(20)21;25-15-5-7-16(8-6-15)34-17-9-11-18(12-10-17)36(32,33)28-21-13-22(35-14-23-26-29-30-27-23)24(31)20-4-2-1-3-19(20)21/h2-14,27-29H,1,15H2;1-13,26,29H,14H2,(H,27,28);1-13,28,31H,14H2,(H,26,27,29,30). The Kier molecular flexibility index (Phi) is 23.3. The van der Waals surface area contributed by atoms with E-state index in [1.54, 1.807) is 103 Å². The van der Waals surface area contributed by atoms with Crippen molar-refractivity contribution in [2.75, 3.05) is 25.7 Å². The number of phenols is 3. The van der Waals surface area contributed by atoms with E-state index in [1.807, 2.05) is 0 Å². The number of fused-ring (bicyclic) bond motifs is 3. The predicted molar refractivity (Wildman–Crippen MR) is 398 cm³/mol. The van der Waals surface area contributed by atoms with Gasteiger partial charge in [-0.1, -0.05) is 96.2 Å². The van der Waals surface area contributed by atoms with E-state index in [4.69, 9.17) is 30.9 Å². The van der Waals surface area contributed by atoms with Crippen molar-refractivity contribution in [3.05, 3.63) is 271 Å². The molecule has 22 nitrogen and oxygen atoms in total. The Hall–Kier alpha value is -11.3. The number of aliphatic hydroxyl groups is 1. The molecule has 0 atom stereocenters. The topological polar surface area (TPSA) is 339 Å². The zero-order valence-corrected chi connectivity index (χ0v) is 59.2. The molecule has 0 unspecified atom stereocenters. The number of carbonyl (C=O) groups is 1. The molecule has 0 saturated carbocycles. The highest BCUT2D eigenvalue weighted by atomic mass is 35.5. The SMILES string of the molecule is C=C(O)CSc1cc(NS(=O)(=O)c2ccc(Oc3ccc(F)cc3)cc2)c2ccccc2c1O.O=C(O)CSc1cc(NS(=O)(=O)c2ccc(Oc3ccc(Cl)cc3)cc2)c2ccccc2c1O.O=S(=O)(Nc1cc(SCc2nn[nH]n2)c(O)c2ccccc12)c1ccc(Oc2ccc(F)cc2)cc1. The minimum atomic E-state index is -3.99. The molecule has 0 bridgehead atoms. The third-order valence-corrected chi connectivity index (χ3v) is 22.3. The van der Waals surface area contributed by atoms with Gasteiger partial charge in [-0.05, 0) is 164 Å². The number of hydrogen-bond acceptors (Lipinski definition) is 20. The van der Waals surface area contributed by atoms with Crippen molar-refractivity contribution < 1.29 is 78.6 Å². The second kappa shape index (κ2) is 32.8. The van der Waals surface area contributed by atoms with Gasteiger partial charge in [-0.3, -0.25) is 19.0 Å². The average Bonchev–Trinajstić information content (AvgIpc) is 0.842. The van der Waals surface area contributed by atoms with E-state index < -0.39 is 36.0 Å². The maximum absolute atomic E-state index is 13.2. The predicted octanol–water partition coefficient (Wildman–Crippen LogP) is 17.5. The van der Waals surface area contributed by atoms with Crippen molar-refractivity contribution in [3.8, 4) is 51.7 Å². The molecule has 12 aromatic carbocycles. The molecule has 530 valence electrons. The van der Waals surface area contributed by atoms with Crippen LogP contribution in [0.1, 0.15) is 5.82 Å². The molecule has 1 heterocycles. The Bertz CT molecular complexity index is 5410. The molecule has 104 heavy (non-hydrogen) atoms. The second-order valence-electron chi connectivity index (χ2n) is 22.0. The number of ether oxygens (including phenoxy) is 3. The molecular formula is C73H56ClF2N7O15S6. The van der Waals surface area contributed by atoms with E-state index in [-0.39, 0.29) is 77.1 Å². The monoisotopic (exact) mass is 1540 g/mol. The number of aromatic amines is 1. The molecule has 0 fully saturated rings. The van der Waals surface area contributed by atoms with Crippen molar-refractivity contribution >= 4 is 132 Å². The summed E-state index contributed by atoms with van der Waals surface area (Å²) in [5.41, 5.74) is 0.819. The zero-order chi connectivity index (χ0) is 73.7. The maximum Gasteiger partial charge on any atom is 0.313 e. The quantitative estimate of drug-likeness (QED) is 0.0154. The van der Waals surface area contributed by atoms with Crippen LogP contribution < -0.4 is 28.4 Å². The van der Waals surface area contributed by atoms with E-state index in [2.05, 4.69) is 41.4 Å². The lowest BCUT2D eigenvalue weighted by molar-refractivity contribution is -0.133. The summed E-state index contributed by atoms with van der Waals surface area (Å²) in [6.07, 6.45) is 0. The molecule has 0 aliphatic carbocycles. The first-order valence-electron chi connectivity index (χ1n) is 30.5. The largest absolute Gasteiger partial charge is 0.512 e. The Morgan fingerprint density at radius 1 is 0.442 bits per heavy atom. The number of anilines is 3. The summed E-state index contributed by atoms with van der Waals surface area (Å²) in [6.45, 7) is 3.44. The van der Waals surface area contributed by atoms with Gasteiger partial charge in [-0.2, -0.15) is 5.21 Å². The highest BCUT2D eigenvalue weighted by molar-refractivity contribution is 8.00. The zero-order valence-electron chi connectivity index (χ0n) is 53.6. The van der Waals surface area contributed by atoms with Gasteiger partial charge in [0.15, 0.2) is 5.82 Å². The van der Waals surface area contributed by atoms with Gasteiger partial charge >= 0.3 is 5.97 Å². The number of halogens is 3. The molecule has 13 rings (SSSR count). The number of carboxylic acid groups (broad SMARTS) is 1. The molecule has 13 aromatic rings. The van der Waals surface area contributed by atoms with Crippen molar-refractivity contribution in [1.29, 1.82) is 0 Å². The second-order valence-corrected chi connectivity index (χ2v) is 30.5. The van der Waals surface area contributed by atoms with Crippen LogP contribution >= 0.6 is 46.9 Å². The Morgan fingerprint density at radius 2 is 0.740 bits per heavy atom. The number of hydrogen-bond donors (Lipinski definition) is 9. The normalized spacial score (nSPS) is 11.4. The van der Waals surface area contributed by atoms with E-state index in [0.29, 0.717) is 98.9 Å². The Morgan fingerprint density at radius 3 is 1.05 bits per heavy atom. The van der Waals surface area contributed by atoms with Crippen molar-refractivity contribution in [3.63, 3.8) is 0 Å². The van der Waals surface area contributed by atoms with Gasteiger partial charge in [0.1, 0.15) is 63.4 Å². The molecule has 0 spiro atoms. The van der Waals surface area contributed by atoms with Crippen LogP contribution in [0.25, 0.3) is 32.3 Å². The van der Waals surface area contributed by atoms with Crippen LogP contribution in [-0.2, 0) is 40.6 Å². The van der Waals surface area contributed by atoms with E-state index in [9.17, 15) is 59.3 Å². The number of nitrogens with zero attached hydrogens (tertiary/aromatic N) is 3. The molecule has 31 heteroatoms. The highest BCUT2D eigenvalue weighted by Crippen LogP contribution is 2.44. The Labute approximate surface area is 611 Å². The summed E-state index contributed by atoms with van der Waals surface area (Å²) >= 11 is 9.15. The number of thioether (sulfide) groups is 3. The number of rotatable bonds is 24. The number of aromatic hydroxyl groups is 3. The summed E-state index contributed by atoms with van der Waals surface area (Å²) in [4.78, 5) is 12.1. The molecule has 0 saturated heterocycles. The molecule has 0 aliphatic rings. The smallest absolute Gasteiger partial charge is 0.313 e. The first kappa shape index (κ1) is 74.0. The third-order valence-electron chi connectivity index (χ3n) is 14.7. The van der Waals surface area contributed by atoms with Gasteiger partial charge in [0.25, 0.3) is 30.1 Å². The molecule has 1 aromatic heterocycles. The van der Waals surface area contributed by atoms with Crippen molar-refractivity contribution in [2.24, 2.45) is 0 Å². The number of benzene rings is 12. The van der Waals surface area contributed by atoms with Gasteiger partial charge < -0.3 is 39.7 Å². The van der Waals surface area contributed by atoms with Crippen LogP contribution in [0.5, 0.6) is 51.7 Å². The molecular weight excluding hydrogens is 1480 g/mol. The summed E-state index contributed by atoms with van der Waals surface area (Å²) in [5.74, 6) is 1.30. The maximum atomic E-state index is 13.2. The van der Waals surface area contributed by atoms with Gasteiger partial charge in [-0.15, -0.1) is 45.5 Å². The number of tetrazole rings is 1. The minimum Gasteiger partial charge on any atom is -0.512 e. The number of H-pyrrole nitrogens is 1. The van der Waals surface area contributed by atoms with Gasteiger partial charge in [0.05, 0.1) is 69.5 Å². The first-order valence-corrected chi connectivity index (χ1v) is 38.3. The number of aliphatic carboxylic acids is 1. The molecule has 0 aliphatic heterocycles. The van der Waals surface area contributed by atoms with Crippen LogP contribution in [0, 0.1) is 11.6 Å². The lowest BCUT2D eigenvalue weighted by Gasteiger charge is -2.15. The van der Waals surface area contributed by atoms with E-state index in [1.165, 1.54) is 145 Å². The summed E-state index contributed by atoms with van der Waals surface area (Å²) in [5, 5.41) is 67.5. The summed E-state index contributed by atoms with van der Waals surface area (Å²) in [7, 11) is -11.9. The van der Waals surface area contributed by atoms with Crippen LogP contribution in [-0.4, -0.2) is 88.9 Å². The summed E-state index contributed by atoms with van der Waals surface area (Å²) in [6, 6.07) is 60.3. The van der Waals surface area contributed by atoms with Crippen LogP contribution in [0.4, 0.5) is 25.8 Å². The number of sulfonamides is 3. The highest BCUT2D eigenvalue weighted by Gasteiger charge is 2.24. The first-order chi connectivity index (χ1) is 49.8. The van der Waals surface area contributed by atoms with Crippen LogP contribution in [0.2, 0.25) is 5.02 Å². The lowest BCUT2D eigenvalue weighted by atomic mass is 10.1. The Balaban J connectivity index is 0.000000156. The third kappa shape index (κ3) is 18.9. The van der Waals surface area contributed by atoms with E-state index in [0.717, 1.165) is 23.5 Å². The number of phenolic OH excluding ortho intramolecular Hbond substituents is 3. The molecule has 0 amide bonds. The summed E-state index contributed by atoms with van der Waals surface area (Å²) < 4.78 is 130. The lowest BCUT2D eigenvalue weighted by Crippen LogP contribution is -2.13.